The molecule has 2 aromatic carbocycles. The van der Waals surface area contributed by atoms with Gasteiger partial charge in [-0.05, 0) is 30.7 Å². The lowest BCUT2D eigenvalue weighted by atomic mass is 10.1. The van der Waals surface area contributed by atoms with E-state index in [0.717, 1.165) is 43.2 Å². The Balaban J connectivity index is 1.43. The number of rotatable bonds is 3. The average molecular weight is 369 g/mol. The van der Waals surface area contributed by atoms with E-state index in [2.05, 4.69) is 77.4 Å². The summed E-state index contributed by atoms with van der Waals surface area (Å²) >= 11 is 0. The molecule has 0 spiro atoms. The highest BCUT2D eigenvalue weighted by Gasteiger charge is 2.21. The van der Waals surface area contributed by atoms with Gasteiger partial charge in [-0.15, -0.1) is 0 Å². The van der Waals surface area contributed by atoms with Crippen molar-refractivity contribution < 1.29 is 0 Å². The number of hydrogen-bond donors (Lipinski definition) is 0. The second-order valence-corrected chi connectivity index (χ2v) is 7.23. The van der Waals surface area contributed by atoms with Crippen LogP contribution in [0.1, 0.15) is 5.56 Å². The van der Waals surface area contributed by atoms with Gasteiger partial charge in [0.05, 0.1) is 5.69 Å². The van der Waals surface area contributed by atoms with Crippen LogP contribution >= 0.6 is 0 Å². The maximum atomic E-state index is 4.80. The Labute approximate surface area is 164 Å². The fourth-order valence-electron chi connectivity index (χ4n) is 3.96. The van der Waals surface area contributed by atoms with E-state index in [-0.39, 0.29) is 0 Å². The highest BCUT2D eigenvalue weighted by Crippen LogP contribution is 2.28. The molecule has 140 valence electrons. The fraction of sp³-hybridized carbons (Fsp3) is 0.217. The molecule has 5 nitrogen and oxygen atoms in total. The normalized spacial score (nSPS) is 14.6. The number of benzene rings is 2. The van der Waals surface area contributed by atoms with Crippen molar-refractivity contribution in [2.24, 2.45) is 0 Å². The molecule has 5 heteroatoms. The summed E-state index contributed by atoms with van der Waals surface area (Å²) in [6.07, 6.45) is 3.78. The van der Waals surface area contributed by atoms with Crippen molar-refractivity contribution in [3.8, 4) is 11.3 Å². The molecule has 1 saturated heterocycles. The van der Waals surface area contributed by atoms with Crippen LogP contribution in [-0.2, 0) is 0 Å². The van der Waals surface area contributed by atoms with E-state index in [4.69, 9.17) is 10.1 Å². The third kappa shape index (κ3) is 2.99. The van der Waals surface area contributed by atoms with Crippen molar-refractivity contribution in [2.75, 3.05) is 36.0 Å². The Morgan fingerprint density at radius 1 is 0.821 bits per heavy atom. The van der Waals surface area contributed by atoms with E-state index in [1.165, 1.54) is 16.8 Å². The Morgan fingerprint density at radius 2 is 1.54 bits per heavy atom. The second-order valence-electron chi connectivity index (χ2n) is 7.23. The van der Waals surface area contributed by atoms with Gasteiger partial charge in [0, 0.05) is 49.8 Å². The summed E-state index contributed by atoms with van der Waals surface area (Å²) in [6.45, 7) is 6.01. The molecule has 5 rings (SSSR count). The number of aryl methyl sites for hydroxylation is 1. The minimum absolute atomic E-state index is 0.951. The van der Waals surface area contributed by atoms with Gasteiger partial charge in [-0.2, -0.15) is 5.10 Å². The molecule has 1 fully saturated rings. The maximum absolute atomic E-state index is 4.80. The van der Waals surface area contributed by atoms with Gasteiger partial charge in [0.15, 0.2) is 5.82 Å². The molecule has 0 unspecified atom stereocenters. The van der Waals surface area contributed by atoms with Crippen LogP contribution in [0.15, 0.2) is 73.1 Å². The predicted octanol–water partition coefficient (Wildman–Crippen LogP) is 4.03. The third-order valence-electron chi connectivity index (χ3n) is 5.49. The van der Waals surface area contributed by atoms with Crippen molar-refractivity contribution in [1.82, 2.24) is 14.6 Å². The molecule has 28 heavy (non-hydrogen) atoms. The number of piperazine rings is 1. The summed E-state index contributed by atoms with van der Waals surface area (Å²) in [7, 11) is 0. The summed E-state index contributed by atoms with van der Waals surface area (Å²) in [5, 5.41) is 4.80. The largest absolute Gasteiger partial charge is 0.368 e. The lowest BCUT2D eigenvalue weighted by molar-refractivity contribution is 0.647. The first-order valence-corrected chi connectivity index (χ1v) is 9.75. The van der Waals surface area contributed by atoms with Crippen molar-refractivity contribution in [3.05, 3.63) is 78.6 Å². The van der Waals surface area contributed by atoms with Crippen LogP contribution in [-0.4, -0.2) is 40.8 Å². The Kier molecular flexibility index (Phi) is 4.20. The molecular formula is C23H23N5. The van der Waals surface area contributed by atoms with Gasteiger partial charge in [-0.25, -0.2) is 9.50 Å². The molecule has 0 amide bonds. The van der Waals surface area contributed by atoms with E-state index in [0.29, 0.717) is 0 Å². The first kappa shape index (κ1) is 16.8. The van der Waals surface area contributed by atoms with Crippen LogP contribution in [0.3, 0.4) is 0 Å². The van der Waals surface area contributed by atoms with E-state index >= 15 is 0 Å². The minimum atomic E-state index is 0.951. The van der Waals surface area contributed by atoms with E-state index < -0.39 is 0 Å². The van der Waals surface area contributed by atoms with Gasteiger partial charge < -0.3 is 9.80 Å². The second kappa shape index (κ2) is 7.00. The standard InChI is InChI=1S/C23H23N5/c1-18-7-5-6-10-20(18)21-17-22-23(24-11-12-28(22)25-21)27-15-13-26(14-16-27)19-8-3-2-4-9-19/h2-12,17H,13-16H2,1H3. The highest BCUT2D eigenvalue weighted by molar-refractivity contribution is 5.76. The Morgan fingerprint density at radius 3 is 2.32 bits per heavy atom. The molecule has 2 aromatic heterocycles. The molecule has 0 saturated carbocycles. The lowest BCUT2D eigenvalue weighted by Crippen LogP contribution is -2.47. The number of anilines is 2. The molecule has 0 radical (unpaired) electrons. The summed E-state index contributed by atoms with van der Waals surface area (Å²) in [4.78, 5) is 9.51. The number of fused-ring (bicyclic) bond motifs is 1. The fourth-order valence-corrected chi connectivity index (χ4v) is 3.96. The summed E-state index contributed by atoms with van der Waals surface area (Å²) in [5.74, 6) is 1.02. The van der Waals surface area contributed by atoms with Crippen LogP contribution in [0.4, 0.5) is 11.5 Å². The summed E-state index contributed by atoms with van der Waals surface area (Å²) in [6, 6.07) is 21.2. The molecule has 1 aliphatic rings. The van der Waals surface area contributed by atoms with Gasteiger partial charge >= 0.3 is 0 Å². The van der Waals surface area contributed by atoms with Gasteiger partial charge in [-0.1, -0.05) is 42.5 Å². The molecule has 0 bridgehead atoms. The van der Waals surface area contributed by atoms with Gasteiger partial charge in [0.2, 0.25) is 0 Å². The maximum Gasteiger partial charge on any atom is 0.154 e. The van der Waals surface area contributed by atoms with Crippen molar-refractivity contribution in [1.29, 1.82) is 0 Å². The molecular weight excluding hydrogens is 346 g/mol. The molecule has 0 N–H and O–H groups in total. The Hall–Kier alpha value is -3.34. The van der Waals surface area contributed by atoms with Crippen molar-refractivity contribution in [3.63, 3.8) is 0 Å². The third-order valence-corrected chi connectivity index (χ3v) is 5.49. The topological polar surface area (TPSA) is 36.7 Å². The first-order chi connectivity index (χ1) is 13.8. The zero-order valence-electron chi connectivity index (χ0n) is 16.0. The van der Waals surface area contributed by atoms with Gasteiger partial charge in [0.1, 0.15) is 5.52 Å². The van der Waals surface area contributed by atoms with Gasteiger partial charge in [-0.3, -0.25) is 0 Å². The SMILES string of the molecule is Cc1ccccc1-c1cc2c(N3CCN(c4ccccc4)CC3)nccn2n1. The molecule has 3 heterocycles. The zero-order valence-corrected chi connectivity index (χ0v) is 16.0. The highest BCUT2D eigenvalue weighted by atomic mass is 15.3. The van der Waals surface area contributed by atoms with Crippen LogP contribution in [0, 0.1) is 6.92 Å². The van der Waals surface area contributed by atoms with E-state index in [9.17, 15) is 0 Å². The van der Waals surface area contributed by atoms with Crippen LogP contribution in [0.5, 0.6) is 0 Å². The first-order valence-electron chi connectivity index (χ1n) is 9.75. The van der Waals surface area contributed by atoms with Crippen molar-refractivity contribution in [2.45, 2.75) is 6.92 Å². The number of para-hydroxylation sites is 1. The quantitative estimate of drug-likeness (QED) is 0.546. The summed E-state index contributed by atoms with van der Waals surface area (Å²) in [5.41, 5.74) is 5.76. The molecule has 0 atom stereocenters. The zero-order chi connectivity index (χ0) is 18.9. The van der Waals surface area contributed by atoms with E-state index in [1.807, 2.05) is 16.9 Å². The monoisotopic (exact) mass is 369 g/mol. The molecule has 0 aliphatic carbocycles. The number of aromatic nitrogens is 3. The van der Waals surface area contributed by atoms with Crippen LogP contribution in [0.25, 0.3) is 16.8 Å². The van der Waals surface area contributed by atoms with Crippen molar-refractivity contribution >= 4 is 17.0 Å². The summed E-state index contributed by atoms with van der Waals surface area (Å²) < 4.78 is 1.95. The average Bonchev–Trinajstić information content (AvgIpc) is 3.19. The van der Waals surface area contributed by atoms with Crippen LogP contribution in [0.2, 0.25) is 0 Å². The lowest BCUT2D eigenvalue weighted by Gasteiger charge is -2.36. The number of hydrogen-bond acceptors (Lipinski definition) is 4. The smallest absolute Gasteiger partial charge is 0.154 e. The molecule has 4 aromatic rings. The Bertz CT molecular complexity index is 1090. The van der Waals surface area contributed by atoms with Gasteiger partial charge in [0.25, 0.3) is 0 Å². The minimum Gasteiger partial charge on any atom is -0.368 e. The predicted molar refractivity (Wildman–Crippen MR) is 114 cm³/mol. The molecule has 1 aliphatic heterocycles. The number of nitrogens with zero attached hydrogens (tertiary/aromatic N) is 5. The van der Waals surface area contributed by atoms with Crippen LogP contribution < -0.4 is 9.80 Å². The van der Waals surface area contributed by atoms with E-state index in [1.54, 1.807) is 0 Å².